The van der Waals surface area contributed by atoms with Crippen molar-refractivity contribution >= 4 is 38.3 Å². The second-order valence-corrected chi connectivity index (χ2v) is 5.41. The first kappa shape index (κ1) is 14.8. The fourth-order valence-corrected chi connectivity index (χ4v) is 2.36. The molecule has 2 rings (SSSR count). The highest BCUT2D eigenvalue weighted by Gasteiger charge is 2.17. The molecule has 0 unspecified atom stereocenters. The Morgan fingerprint density at radius 1 is 1.45 bits per heavy atom. The molecule has 1 aromatic carbocycles. The highest BCUT2D eigenvalue weighted by molar-refractivity contribution is 9.10. The first-order chi connectivity index (χ1) is 9.51. The van der Waals surface area contributed by atoms with E-state index in [1.54, 1.807) is 12.1 Å². The Bertz CT molecular complexity index is 636. The van der Waals surface area contributed by atoms with E-state index in [9.17, 15) is 13.6 Å². The van der Waals surface area contributed by atoms with Gasteiger partial charge in [-0.05, 0) is 34.1 Å². The Balaban J connectivity index is 2.19. The van der Waals surface area contributed by atoms with Crippen LogP contribution in [0.1, 0.15) is 21.8 Å². The van der Waals surface area contributed by atoms with Gasteiger partial charge in [0.05, 0.1) is 12.7 Å². The van der Waals surface area contributed by atoms with E-state index in [1.807, 2.05) is 0 Å². The van der Waals surface area contributed by atoms with Crippen molar-refractivity contribution in [3.05, 3.63) is 33.2 Å². The number of amides is 1. The third kappa shape index (κ3) is 3.28. The Hall–Kier alpha value is -1.61. The molecule has 0 bridgehead atoms. The van der Waals surface area contributed by atoms with Crippen LogP contribution in [-0.4, -0.2) is 23.2 Å². The van der Waals surface area contributed by atoms with Crippen LogP contribution in [0.25, 0.3) is 0 Å². The van der Waals surface area contributed by atoms with Crippen LogP contribution in [0.5, 0.6) is 5.75 Å². The molecule has 1 heterocycles. The summed E-state index contributed by atoms with van der Waals surface area (Å²) in [6, 6.07) is 4.85. The SMILES string of the molecule is COc1ccc(Br)c(C(=O)Nc2nnc(C(F)F)s2)c1. The molecule has 0 radical (unpaired) electrons. The molecule has 1 amide bonds. The van der Waals surface area contributed by atoms with Gasteiger partial charge in [0.25, 0.3) is 12.3 Å². The number of methoxy groups -OCH3 is 1. The smallest absolute Gasteiger partial charge is 0.291 e. The zero-order valence-corrected chi connectivity index (χ0v) is 12.5. The molecule has 0 aliphatic carbocycles. The Morgan fingerprint density at radius 2 is 2.20 bits per heavy atom. The lowest BCUT2D eigenvalue weighted by Crippen LogP contribution is -2.12. The lowest BCUT2D eigenvalue weighted by Gasteiger charge is -2.06. The Kier molecular flexibility index (Phi) is 4.61. The first-order valence-corrected chi connectivity index (χ1v) is 6.88. The molecule has 0 aliphatic heterocycles. The highest BCUT2D eigenvalue weighted by atomic mass is 79.9. The van der Waals surface area contributed by atoms with Crippen molar-refractivity contribution in [2.75, 3.05) is 12.4 Å². The molecule has 9 heteroatoms. The second-order valence-electron chi connectivity index (χ2n) is 3.55. The summed E-state index contributed by atoms with van der Waals surface area (Å²) in [4.78, 5) is 12.0. The number of halogens is 3. The molecule has 0 saturated heterocycles. The van der Waals surface area contributed by atoms with Crippen LogP contribution in [0.15, 0.2) is 22.7 Å². The zero-order valence-electron chi connectivity index (χ0n) is 10.1. The van der Waals surface area contributed by atoms with Crippen molar-refractivity contribution in [1.29, 1.82) is 0 Å². The maximum atomic E-state index is 12.4. The van der Waals surface area contributed by atoms with E-state index in [0.29, 0.717) is 27.1 Å². The van der Waals surface area contributed by atoms with Crippen LogP contribution >= 0.6 is 27.3 Å². The van der Waals surface area contributed by atoms with Crippen molar-refractivity contribution in [3.63, 3.8) is 0 Å². The highest BCUT2D eigenvalue weighted by Crippen LogP contribution is 2.27. The number of carbonyl (C=O) groups excluding carboxylic acids is 1. The molecule has 0 saturated carbocycles. The van der Waals surface area contributed by atoms with Gasteiger partial charge in [-0.25, -0.2) is 8.78 Å². The predicted molar refractivity (Wildman–Crippen MR) is 73.5 cm³/mol. The summed E-state index contributed by atoms with van der Waals surface area (Å²) >= 11 is 3.86. The summed E-state index contributed by atoms with van der Waals surface area (Å²) in [7, 11) is 1.48. The second kappa shape index (κ2) is 6.23. The number of benzene rings is 1. The molecule has 106 valence electrons. The van der Waals surface area contributed by atoms with Gasteiger partial charge < -0.3 is 4.74 Å². The topological polar surface area (TPSA) is 64.1 Å². The molecule has 2 aromatic rings. The standard InChI is InChI=1S/C11H8BrF2N3O2S/c1-19-5-2-3-7(12)6(4-5)9(18)15-11-17-16-10(20-11)8(13)14/h2-4,8H,1H3,(H,15,17,18). The first-order valence-electron chi connectivity index (χ1n) is 5.27. The largest absolute Gasteiger partial charge is 0.497 e. The van der Waals surface area contributed by atoms with Gasteiger partial charge in [-0.3, -0.25) is 10.1 Å². The number of hydrogen-bond donors (Lipinski definition) is 1. The summed E-state index contributed by atoms with van der Waals surface area (Å²) in [5, 5.41) is 8.76. The van der Waals surface area contributed by atoms with E-state index < -0.39 is 17.3 Å². The minimum Gasteiger partial charge on any atom is -0.497 e. The van der Waals surface area contributed by atoms with Crippen molar-refractivity contribution in [2.45, 2.75) is 6.43 Å². The summed E-state index contributed by atoms with van der Waals surface area (Å²) < 4.78 is 30.3. The van der Waals surface area contributed by atoms with E-state index >= 15 is 0 Å². The van der Waals surface area contributed by atoms with Crippen molar-refractivity contribution in [2.24, 2.45) is 0 Å². The maximum absolute atomic E-state index is 12.4. The van der Waals surface area contributed by atoms with Gasteiger partial charge in [0, 0.05) is 4.47 Å². The van der Waals surface area contributed by atoms with E-state index in [4.69, 9.17) is 4.74 Å². The van der Waals surface area contributed by atoms with Crippen LogP contribution in [0, 0.1) is 0 Å². The average Bonchev–Trinajstić information content (AvgIpc) is 2.88. The number of alkyl halides is 2. The molecular weight excluding hydrogens is 356 g/mol. The summed E-state index contributed by atoms with van der Waals surface area (Å²) in [6.45, 7) is 0. The quantitative estimate of drug-likeness (QED) is 0.902. The minimum atomic E-state index is -2.71. The van der Waals surface area contributed by atoms with Gasteiger partial charge >= 0.3 is 0 Å². The van der Waals surface area contributed by atoms with Crippen molar-refractivity contribution in [3.8, 4) is 5.75 Å². The number of anilines is 1. The van der Waals surface area contributed by atoms with Crippen LogP contribution in [0.3, 0.4) is 0 Å². The van der Waals surface area contributed by atoms with Crippen LogP contribution in [0.2, 0.25) is 0 Å². The number of nitrogens with zero attached hydrogens (tertiary/aromatic N) is 2. The monoisotopic (exact) mass is 363 g/mol. The lowest BCUT2D eigenvalue weighted by molar-refractivity contribution is 0.102. The molecule has 0 aliphatic rings. The fourth-order valence-electron chi connectivity index (χ4n) is 1.34. The molecule has 20 heavy (non-hydrogen) atoms. The lowest BCUT2D eigenvalue weighted by atomic mass is 10.2. The van der Waals surface area contributed by atoms with Crippen LogP contribution in [-0.2, 0) is 0 Å². The Labute approximate surface area is 125 Å². The predicted octanol–water partition coefficient (Wildman–Crippen LogP) is 3.50. The molecule has 0 fully saturated rings. The number of rotatable bonds is 4. The van der Waals surface area contributed by atoms with E-state index in [2.05, 4.69) is 31.4 Å². The average molecular weight is 364 g/mol. The number of hydrogen-bond acceptors (Lipinski definition) is 5. The van der Waals surface area contributed by atoms with Gasteiger partial charge in [-0.2, -0.15) is 0 Å². The van der Waals surface area contributed by atoms with Crippen molar-refractivity contribution in [1.82, 2.24) is 10.2 Å². The minimum absolute atomic E-state index is 0.0139. The molecule has 0 spiro atoms. The zero-order chi connectivity index (χ0) is 14.7. The third-order valence-corrected chi connectivity index (χ3v) is 3.80. The van der Waals surface area contributed by atoms with E-state index in [0.717, 1.165) is 0 Å². The Morgan fingerprint density at radius 3 is 2.80 bits per heavy atom. The molecule has 1 N–H and O–H groups in total. The summed E-state index contributed by atoms with van der Waals surface area (Å²) in [5.74, 6) is 0.0108. The normalized spacial score (nSPS) is 10.7. The van der Waals surface area contributed by atoms with Gasteiger partial charge in [0.2, 0.25) is 5.13 Å². The molecular formula is C11H8BrF2N3O2S. The molecule has 5 nitrogen and oxygen atoms in total. The fraction of sp³-hybridized carbons (Fsp3) is 0.182. The summed E-state index contributed by atoms with van der Waals surface area (Å²) in [6.07, 6.45) is -2.71. The third-order valence-electron chi connectivity index (χ3n) is 2.27. The molecule has 1 aromatic heterocycles. The van der Waals surface area contributed by atoms with Crippen LogP contribution < -0.4 is 10.1 Å². The van der Waals surface area contributed by atoms with Crippen molar-refractivity contribution < 1.29 is 18.3 Å². The maximum Gasteiger partial charge on any atom is 0.291 e. The van der Waals surface area contributed by atoms with Gasteiger partial charge in [0.15, 0.2) is 5.01 Å². The van der Waals surface area contributed by atoms with E-state index in [1.165, 1.54) is 13.2 Å². The van der Waals surface area contributed by atoms with Gasteiger partial charge in [0.1, 0.15) is 5.75 Å². The van der Waals surface area contributed by atoms with Gasteiger partial charge in [-0.1, -0.05) is 11.3 Å². The number of aromatic nitrogens is 2. The van der Waals surface area contributed by atoms with Crippen LogP contribution in [0.4, 0.5) is 13.9 Å². The number of ether oxygens (including phenoxy) is 1. The number of nitrogens with one attached hydrogen (secondary N) is 1. The molecule has 0 atom stereocenters. The van der Waals surface area contributed by atoms with E-state index in [-0.39, 0.29) is 5.13 Å². The number of carbonyl (C=O) groups is 1. The summed E-state index contributed by atoms with van der Waals surface area (Å²) in [5.41, 5.74) is 0.304. The van der Waals surface area contributed by atoms with Gasteiger partial charge in [-0.15, -0.1) is 10.2 Å².